The van der Waals surface area contributed by atoms with Crippen molar-refractivity contribution >= 4 is 10.8 Å². The van der Waals surface area contributed by atoms with Gasteiger partial charge in [-0.25, -0.2) is 4.57 Å². The molecule has 0 N–H and O–H groups in total. The molecule has 3 aromatic rings. The second-order valence-corrected chi connectivity index (χ2v) is 8.70. The van der Waals surface area contributed by atoms with Gasteiger partial charge < -0.3 is 0 Å². The lowest BCUT2D eigenvalue weighted by atomic mass is 9.47. The Morgan fingerprint density at radius 1 is 1.00 bits per heavy atom. The molecule has 1 nitrogen and oxygen atoms in total. The maximum atomic E-state index is 2.46. The van der Waals surface area contributed by atoms with Crippen molar-refractivity contribution in [2.24, 2.45) is 18.4 Å². The zero-order chi connectivity index (χ0) is 17.3. The maximum absolute atomic E-state index is 2.46. The van der Waals surface area contributed by atoms with E-state index in [2.05, 4.69) is 81.0 Å². The SMILES string of the molecule is Cc1ccccc1-c1c2ccc3c(c2cc[n+]1C)CC1CC3C1(C)C. The Kier molecular flexibility index (Phi) is 2.99. The molecule has 0 spiro atoms. The number of nitrogens with zero attached hydrogens (tertiary/aromatic N) is 1. The first-order valence-electron chi connectivity index (χ1n) is 9.48. The molecule has 1 heterocycles. The van der Waals surface area contributed by atoms with Crippen LogP contribution in [0.2, 0.25) is 0 Å². The van der Waals surface area contributed by atoms with Crippen molar-refractivity contribution < 1.29 is 4.57 Å². The van der Waals surface area contributed by atoms with E-state index in [9.17, 15) is 0 Å². The summed E-state index contributed by atoms with van der Waals surface area (Å²) in [5, 5.41) is 2.87. The van der Waals surface area contributed by atoms with Crippen LogP contribution in [0.5, 0.6) is 0 Å². The minimum Gasteiger partial charge on any atom is -0.200 e. The summed E-state index contributed by atoms with van der Waals surface area (Å²) >= 11 is 0. The molecule has 1 heteroatoms. The average molecular weight is 328 g/mol. The normalized spacial score (nSPS) is 23.2. The first-order valence-corrected chi connectivity index (χ1v) is 9.48. The molecule has 1 fully saturated rings. The largest absolute Gasteiger partial charge is 0.220 e. The zero-order valence-electron chi connectivity index (χ0n) is 15.6. The van der Waals surface area contributed by atoms with Gasteiger partial charge in [-0.2, -0.15) is 0 Å². The van der Waals surface area contributed by atoms with Gasteiger partial charge in [0.05, 0.1) is 5.39 Å². The van der Waals surface area contributed by atoms with E-state index in [4.69, 9.17) is 0 Å². The second kappa shape index (κ2) is 4.94. The van der Waals surface area contributed by atoms with Crippen LogP contribution in [0.15, 0.2) is 48.7 Å². The van der Waals surface area contributed by atoms with Crippen LogP contribution in [0, 0.1) is 18.3 Å². The number of hydrogen-bond acceptors (Lipinski definition) is 0. The van der Waals surface area contributed by atoms with Gasteiger partial charge in [0.15, 0.2) is 6.20 Å². The van der Waals surface area contributed by atoms with Gasteiger partial charge >= 0.3 is 0 Å². The van der Waals surface area contributed by atoms with Gasteiger partial charge in [0, 0.05) is 11.6 Å². The van der Waals surface area contributed by atoms with Gasteiger partial charge in [-0.1, -0.05) is 38.1 Å². The van der Waals surface area contributed by atoms with E-state index in [1.807, 2.05) is 0 Å². The minimum absolute atomic E-state index is 0.485. The quantitative estimate of drug-likeness (QED) is 0.532. The molecule has 0 aliphatic heterocycles. The van der Waals surface area contributed by atoms with Crippen LogP contribution in [0.3, 0.4) is 0 Å². The summed E-state index contributed by atoms with van der Waals surface area (Å²) in [5.74, 6) is 1.60. The van der Waals surface area contributed by atoms with Crippen LogP contribution in [0.1, 0.15) is 42.9 Å². The van der Waals surface area contributed by atoms with Crippen molar-refractivity contribution in [3.63, 3.8) is 0 Å². The lowest BCUT2D eigenvalue weighted by molar-refractivity contribution is -0.659. The number of benzene rings is 2. The molecule has 3 aliphatic rings. The highest BCUT2D eigenvalue weighted by Crippen LogP contribution is 2.62. The van der Waals surface area contributed by atoms with Crippen molar-refractivity contribution in [1.29, 1.82) is 0 Å². The van der Waals surface area contributed by atoms with Gasteiger partial charge in [-0.3, -0.25) is 0 Å². The Labute approximate surface area is 150 Å². The van der Waals surface area contributed by atoms with Gasteiger partial charge in [0.25, 0.3) is 0 Å². The van der Waals surface area contributed by atoms with Crippen LogP contribution < -0.4 is 4.57 Å². The van der Waals surface area contributed by atoms with E-state index in [-0.39, 0.29) is 0 Å². The molecule has 3 aliphatic carbocycles. The summed E-state index contributed by atoms with van der Waals surface area (Å²) in [5.41, 5.74) is 7.75. The Morgan fingerprint density at radius 2 is 1.80 bits per heavy atom. The third-order valence-corrected chi connectivity index (χ3v) is 7.16. The lowest BCUT2D eigenvalue weighted by Gasteiger charge is -2.57. The van der Waals surface area contributed by atoms with Gasteiger partial charge in [-0.05, 0) is 71.2 Å². The van der Waals surface area contributed by atoms with Crippen molar-refractivity contribution in [1.82, 2.24) is 0 Å². The minimum atomic E-state index is 0.485. The maximum Gasteiger partial charge on any atom is 0.220 e. The highest BCUT2D eigenvalue weighted by molar-refractivity contribution is 5.96. The summed E-state index contributed by atoms with van der Waals surface area (Å²) in [4.78, 5) is 0. The van der Waals surface area contributed by atoms with Crippen LogP contribution in [-0.2, 0) is 13.5 Å². The molecular formula is C24H26N+. The lowest BCUT2D eigenvalue weighted by Crippen LogP contribution is -2.48. The molecular weight excluding hydrogens is 302 g/mol. The van der Waals surface area contributed by atoms with Gasteiger partial charge in [-0.15, -0.1) is 0 Å². The van der Waals surface area contributed by atoms with Gasteiger partial charge in [0.2, 0.25) is 5.69 Å². The molecule has 0 amide bonds. The van der Waals surface area contributed by atoms with Crippen LogP contribution in [0.25, 0.3) is 22.0 Å². The molecule has 2 aromatic carbocycles. The molecule has 2 atom stereocenters. The van der Waals surface area contributed by atoms with E-state index in [0.29, 0.717) is 5.41 Å². The fourth-order valence-corrected chi connectivity index (χ4v) is 5.39. The summed E-state index contributed by atoms with van der Waals surface area (Å²) in [6, 6.07) is 15.9. The van der Waals surface area contributed by atoms with Gasteiger partial charge in [0.1, 0.15) is 7.05 Å². The molecule has 6 rings (SSSR count). The van der Waals surface area contributed by atoms with Crippen LogP contribution in [-0.4, -0.2) is 0 Å². The van der Waals surface area contributed by atoms with Crippen LogP contribution >= 0.6 is 0 Å². The first-order chi connectivity index (χ1) is 12.0. The van der Waals surface area contributed by atoms with Crippen molar-refractivity contribution in [2.45, 2.75) is 39.5 Å². The average Bonchev–Trinajstić information content (AvgIpc) is 2.61. The molecule has 126 valence electrons. The van der Waals surface area contributed by atoms with Crippen LogP contribution in [0.4, 0.5) is 0 Å². The molecule has 2 unspecified atom stereocenters. The van der Waals surface area contributed by atoms with Crippen molar-refractivity contribution in [3.8, 4) is 11.3 Å². The molecule has 25 heavy (non-hydrogen) atoms. The number of hydrogen-bond donors (Lipinski definition) is 0. The van der Waals surface area contributed by atoms with E-state index in [1.165, 1.54) is 40.4 Å². The highest BCUT2D eigenvalue weighted by atomic mass is 14.9. The Balaban J connectivity index is 1.80. The summed E-state index contributed by atoms with van der Waals surface area (Å²) in [7, 11) is 2.17. The zero-order valence-corrected chi connectivity index (χ0v) is 15.6. The Morgan fingerprint density at radius 3 is 2.56 bits per heavy atom. The highest BCUT2D eigenvalue weighted by Gasteiger charge is 2.52. The standard InChI is InChI=1S/C24H26N/c1-15-7-5-6-8-17(15)23-20-10-9-19-21(18(20)11-12-25(23)4)13-16-14-22(19)24(16,2)3/h5-12,16,22H,13-14H2,1-4H3/q+1. The fourth-order valence-electron chi connectivity index (χ4n) is 5.39. The number of rotatable bonds is 1. The molecule has 0 saturated heterocycles. The summed E-state index contributed by atoms with van der Waals surface area (Å²) in [6.07, 6.45) is 4.88. The topological polar surface area (TPSA) is 3.88 Å². The smallest absolute Gasteiger partial charge is 0.200 e. The van der Waals surface area contributed by atoms with E-state index in [0.717, 1.165) is 11.8 Å². The summed E-state index contributed by atoms with van der Waals surface area (Å²) < 4.78 is 2.28. The Bertz CT molecular complexity index is 1010. The van der Waals surface area contributed by atoms with E-state index >= 15 is 0 Å². The summed E-state index contributed by atoms with van der Waals surface area (Å²) in [6.45, 7) is 7.13. The van der Waals surface area contributed by atoms with Crippen molar-refractivity contribution in [2.75, 3.05) is 0 Å². The predicted molar refractivity (Wildman–Crippen MR) is 104 cm³/mol. The predicted octanol–water partition coefficient (Wildman–Crippen LogP) is 5.33. The molecule has 0 radical (unpaired) electrons. The second-order valence-electron chi connectivity index (χ2n) is 8.70. The number of aryl methyl sites for hydroxylation is 2. The number of aromatic nitrogens is 1. The number of pyridine rings is 1. The molecule has 1 saturated carbocycles. The third-order valence-electron chi connectivity index (χ3n) is 7.16. The molecule has 2 bridgehead atoms. The number of fused-ring (bicyclic) bond motifs is 1. The first kappa shape index (κ1) is 15.1. The van der Waals surface area contributed by atoms with E-state index in [1.54, 1.807) is 11.1 Å². The van der Waals surface area contributed by atoms with E-state index < -0.39 is 0 Å². The Hall–Kier alpha value is -2.15. The molecule has 1 aromatic heterocycles. The monoisotopic (exact) mass is 328 g/mol. The fraction of sp³-hybridized carbons (Fsp3) is 0.375. The third kappa shape index (κ3) is 1.93. The van der Waals surface area contributed by atoms with Crippen molar-refractivity contribution in [3.05, 3.63) is 65.4 Å².